The molecule has 0 bridgehead atoms. The highest BCUT2D eigenvalue weighted by Gasteiger charge is 2.25. The zero-order valence-electron chi connectivity index (χ0n) is 21.5. The van der Waals surface area contributed by atoms with Crippen molar-refractivity contribution in [1.82, 2.24) is 10.1 Å². The molecule has 0 radical (unpaired) electrons. The van der Waals surface area contributed by atoms with Crippen molar-refractivity contribution >= 4 is 5.88 Å². The SMILES string of the molecule is CC(C)N(C)c1onc(-c2ccccc2)c1CN(Cc1ccc(F)cc1)CC(O)COCc1ccco1. The highest BCUT2D eigenvalue weighted by atomic mass is 19.1. The molecule has 2 aromatic heterocycles. The third-order valence-corrected chi connectivity index (χ3v) is 6.21. The second-order valence-electron chi connectivity index (χ2n) is 9.43. The van der Waals surface area contributed by atoms with Gasteiger partial charge in [0.15, 0.2) is 0 Å². The Labute approximate surface area is 217 Å². The first-order valence-electron chi connectivity index (χ1n) is 12.4. The number of aliphatic hydroxyl groups excluding tert-OH is 1. The van der Waals surface area contributed by atoms with Crippen molar-refractivity contribution in [2.24, 2.45) is 0 Å². The Morgan fingerprint density at radius 2 is 1.76 bits per heavy atom. The number of hydrogen-bond acceptors (Lipinski definition) is 7. The van der Waals surface area contributed by atoms with Crippen LogP contribution in [0.3, 0.4) is 0 Å². The predicted octanol–water partition coefficient (Wildman–Crippen LogP) is 5.50. The molecule has 1 atom stereocenters. The maximum atomic E-state index is 13.5. The van der Waals surface area contributed by atoms with Gasteiger partial charge in [0, 0.05) is 38.3 Å². The first-order chi connectivity index (χ1) is 17.9. The number of hydrogen-bond donors (Lipinski definition) is 1. The fraction of sp³-hybridized carbons (Fsp3) is 0.345. The molecule has 0 aliphatic carbocycles. The molecular formula is C29H34FN3O4. The quantitative estimate of drug-likeness (QED) is 0.256. The summed E-state index contributed by atoms with van der Waals surface area (Å²) in [6, 6.07) is 20.1. The summed E-state index contributed by atoms with van der Waals surface area (Å²) < 4.78 is 30.4. The molecule has 2 heterocycles. The van der Waals surface area contributed by atoms with Crippen molar-refractivity contribution in [2.75, 3.05) is 25.1 Å². The van der Waals surface area contributed by atoms with E-state index < -0.39 is 6.10 Å². The van der Waals surface area contributed by atoms with Crippen LogP contribution in [0.2, 0.25) is 0 Å². The number of aliphatic hydroxyl groups is 1. The van der Waals surface area contributed by atoms with Crippen LogP contribution in [-0.2, 0) is 24.4 Å². The Morgan fingerprint density at radius 1 is 1.00 bits per heavy atom. The van der Waals surface area contributed by atoms with Gasteiger partial charge in [-0.25, -0.2) is 4.39 Å². The van der Waals surface area contributed by atoms with Crippen LogP contribution in [0.15, 0.2) is 81.9 Å². The molecule has 0 fully saturated rings. The van der Waals surface area contributed by atoms with Crippen LogP contribution in [-0.4, -0.2) is 47.5 Å². The van der Waals surface area contributed by atoms with Gasteiger partial charge in [0.25, 0.3) is 0 Å². The van der Waals surface area contributed by atoms with Crippen LogP contribution in [0, 0.1) is 5.82 Å². The minimum atomic E-state index is -0.748. The largest absolute Gasteiger partial charge is 0.467 e. The van der Waals surface area contributed by atoms with E-state index in [4.69, 9.17) is 13.7 Å². The van der Waals surface area contributed by atoms with E-state index in [0.717, 1.165) is 22.4 Å². The summed E-state index contributed by atoms with van der Waals surface area (Å²) in [6.07, 6.45) is 0.843. The molecule has 4 rings (SSSR count). The lowest BCUT2D eigenvalue weighted by Gasteiger charge is -2.27. The van der Waals surface area contributed by atoms with Crippen molar-refractivity contribution in [3.05, 3.63) is 95.7 Å². The third kappa shape index (κ3) is 7.29. The molecule has 7 nitrogen and oxygen atoms in total. The fourth-order valence-electron chi connectivity index (χ4n) is 4.08. The van der Waals surface area contributed by atoms with E-state index in [1.807, 2.05) is 48.3 Å². The number of aromatic nitrogens is 1. The normalized spacial score (nSPS) is 12.4. The number of ether oxygens (including phenoxy) is 1. The maximum Gasteiger partial charge on any atom is 0.232 e. The molecule has 0 aliphatic rings. The van der Waals surface area contributed by atoms with E-state index in [1.165, 1.54) is 12.1 Å². The van der Waals surface area contributed by atoms with Crippen molar-refractivity contribution in [3.8, 4) is 11.3 Å². The highest BCUT2D eigenvalue weighted by molar-refractivity contribution is 5.68. The molecule has 2 aromatic carbocycles. The minimum Gasteiger partial charge on any atom is -0.467 e. The lowest BCUT2D eigenvalue weighted by molar-refractivity contribution is 0.00254. The Bertz CT molecular complexity index is 1210. The average Bonchev–Trinajstić information content (AvgIpc) is 3.55. The molecular weight excluding hydrogens is 473 g/mol. The van der Waals surface area contributed by atoms with Gasteiger partial charge >= 0.3 is 0 Å². The summed E-state index contributed by atoms with van der Waals surface area (Å²) in [5.74, 6) is 1.10. The minimum absolute atomic E-state index is 0.147. The van der Waals surface area contributed by atoms with Crippen LogP contribution < -0.4 is 4.90 Å². The molecule has 8 heteroatoms. The molecule has 196 valence electrons. The molecule has 0 amide bonds. The van der Waals surface area contributed by atoms with Gasteiger partial charge in [-0.1, -0.05) is 47.6 Å². The summed E-state index contributed by atoms with van der Waals surface area (Å²) in [5.41, 5.74) is 3.57. The topological polar surface area (TPSA) is 75.1 Å². The first kappa shape index (κ1) is 26.6. The average molecular weight is 508 g/mol. The van der Waals surface area contributed by atoms with Gasteiger partial charge in [0.05, 0.1) is 24.5 Å². The number of furan rings is 1. The number of nitrogens with zero attached hydrogens (tertiary/aromatic N) is 3. The lowest BCUT2D eigenvalue weighted by atomic mass is 10.1. The van der Waals surface area contributed by atoms with Gasteiger partial charge in [-0.15, -0.1) is 0 Å². The van der Waals surface area contributed by atoms with Gasteiger partial charge in [0.2, 0.25) is 5.88 Å². The zero-order valence-corrected chi connectivity index (χ0v) is 21.5. The van der Waals surface area contributed by atoms with E-state index in [-0.39, 0.29) is 25.1 Å². The summed E-state index contributed by atoms with van der Waals surface area (Å²) in [5, 5.41) is 15.3. The third-order valence-electron chi connectivity index (χ3n) is 6.21. The molecule has 4 aromatic rings. The van der Waals surface area contributed by atoms with Gasteiger partial charge in [0.1, 0.15) is 23.9 Å². The smallest absolute Gasteiger partial charge is 0.232 e. The summed E-state index contributed by atoms with van der Waals surface area (Å²) in [4.78, 5) is 4.15. The van der Waals surface area contributed by atoms with Crippen LogP contribution in [0.5, 0.6) is 0 Å². The summed E-state index contributed by atoms with van der Waals surface area (Å²) in [7, 11) is 1.98. The van der Waals surface area contributed by atoms with Crippen molar-refractivity contribution in [1.29, 1.82) is 0 Å². The van der Waals surface area contributed by atoms with Crippen LogP contribution in [0.1, 0.15) is 30.7 Å². The van der Waals surface area contributed by atoms with Crippen LogP contribution in [0.25, 0.3) is 11.3 Å². The number of rotatable bonds is 13. The van der Waals surface area contributed by atoms with E-state index in [2.05, 4.69) is 23.9 Å². The fourth-order valence-corrected chi connectivity index (χ4v) is 4.08. The summed E-state index contributed by atoms with van der Waals surface area (Å²) >= 11 is 0. The van der Waals surface area contributed by atoms with Crippen LogP contribution >= 0.6 is 0 Å². The second kappa shape index (κ2) is 12.7. The van der Waals surface area contributed by atoms with Gasteiger partial charge in [-0.2, -0.15) is 0 Å². The Morgan fingerprint density at radius 3 is 2.43 bits per heavy atom. The molecule has 37 heavy (non-hydrogen) atoms. The van der Waals surface area contributed by atoms with E-state index in [1.54, 1.807) is 24.5 Å². The zero-order chi connectivity index (χ0) is 26.2. The number of anilines is 1. The van der Waals surface area contributed by atoms with Crippen molar-refractivity contribution in [2.45, 2.75) is 45.7 Å². The van der Waals surface area contributed by atoms with Gasteiger partial charge in [-0.3, -0.25) is 4.90 Å². The van der Waals surface area contributed by atoms with Crippen LogP contribution in [0.4, 0.5) is 10.3 Å². The molecule has 0 saturated carbocycles. The maximum absolute atomic E-state index is 13.5. The Balaban J connectivity index is 1.57. The molecule has 1 unspecified atom stereocenters. The number of benzene rings is 2. The summed E-state index contributed by atoms with van der Waals surface area (Å²) in [6.45, 7) is 5.91. The molecule has 1 N–H and O–H groups in total. The first-order valence-corrected chi connectivity index (χ1v) is 12.4. The highest BCUT2D eigenvalue weighted by Crippen LogP contribution is 2.33. The Hall–Kier alpha value is -3.46. The van der Waals surface area contributed by atoms with E-state index in [9.17, 15) is 9.50 Å². The molecule has 0 spiro atoms. The van der Waals surface area contributed by atoms with E-state index in [0.29, 0.717) is 31.3 Å². The monoisotopic (exact) mass is 507 g/mol. The standard InChI is InChI=1S/C29H34FN3O4/c1-21(2)32(3)29-27(28(31-37-29)23-8-5-4-6-9-23)18-33(16-22-11-13-24(30)14-12-22)17-25(34)19-35-20-26-10-7-15-36-26/h4-15,21,25,34H,16-20H2,1-3H3. The molecule has 0 saturated heterocycles. The van der Waals surface area contributed by atoms with Gasteiger partial charge < -0.3 is 23.7 Å². The lowest BCUT2D eigenvalue weighted by Crippen LogP contribution is -2.35. The van der Waals surface area contributed by atoms with Gasteiger partial charge in [-0.05, 0) is 43.7 Å². The molecule has 0 aliphatic heterocycles. The van der Waals surface area contributed by atoms with Crippen molar-refractivity contribution in [3.63, 3.8) is 0 Å². The van der Waals surface area contributed by atoms with Crippen molar-refractivity contribution < 1.29 is 23.2 Å². The number of halogens is 1. The second-order valence-corrected chi connectivity index (χ2v) is 9.43. The van der Waals surface area contributed by atoms with E-state index >= 15 is 0 Å². The predicted molar refractivity (Wildman–Crippen MR) is 140 cm³/mol. The Kier molecular flexibility index (Phi) is 9.11.